The lowest BCUT2D eigenvalue weighted by Gasteiger charge is -2.29. The van der Waals surface area contributed by atoms with Gasteiger partial charge in [-0.15, -0.1) is 0 Å². The van der Waals surface area contributed by atoms with Gasteiger partial charge in [0.15, 0.2) is 23.3 Å². The number of nitrogens with one attached hydrogen (secondary N) is 1. The highest BCUT2D eigenvalue weighted by molar-refractivity contribution is 7.92. The fraction of sp³-hybridized carbons (Fsp3) is 0.469. The number of benzene rings is 2. The van der Waals surface area contributed by atoms with Crippen LogP contribution in [0.15, 0.2) is 46.9 Å². The van der Waals surface area contributed by atoms with E-state index in [1.54, 1.807) is 12.1 Å². The quantitative estimate of drug-likeness (QED) is 0.0825. The zero-order chi connectivity index (χ0) is 30.8. The van der Waals surface area contributed by atoms with Crippen LogP contribution in [0.4, 0.5) is 8.78 Å². The highest BCUT2D eigenvalue weighted by atomic mass is 32.2. The average molecular weight is 616 g/mol. The maximum Gasteiger partial charge on any atom is 0.217 e. The number of carbonyl (C=O) groups is 2. The first-order valence-electron chi connectivity index (χ1n) is 14.8. The van der Waals surface area contributed by atoms with Gasteiger partial charge in [-0.2, -0.15) is 0 Å². The molecule has 0 aliphatic heterocycles. The summed E-state index contributed by atoms with van der Waals surface area (Å²) in [6, 6.07) is 9.72. The molecule has 0 bridgehead atoms. The van der Waals surface area contributed by atoms with Crippen LogP contribution in [0, 0.1) is 24.5 Å². The summed E-state index contributed by atoms with van der Waals surface area (Å²) in [5, 5.41) is 7.83. The van der Waals surface area contributed by atoms with Gasteiger partial charge in [-0.1, -0.05) is 55.0 Å². The monoisotopic (exact) mass is 615 g/mol. The molecule has 1 atom stereocenters. The number of Topliss-reactive ketones (excluding diaryl/α,β-unsaturated/α-hetero) is 1. The maximum absolute atomic E-state index is 14.1. The van der Waals surface area contributed by atoms with Gasteiger partial charge < -0.3 is 14.6 Å². The van der Waals surface area contributed by atoms with Crippen LogP contribution in [-0.4, -0.2) is 22.7 Å². The number of oxazole rings is 1. The Balaban J connectivity index is 0.000000199. The van der Waals surface area contributed by atoms with Gasteiger partial charge in [-0.25, -0.2) is 13.8 Å². The lowest BCUT2D eigenvalue weighted by Crippen LogP contribution is -2.45. The number of carbonyl (C=O) groups excluding carboxylic acids is 2. The van der Waals surface area contributed by atoms with Crippen LogP contribution in [0.1, 0.15) is 99.0 Å². The van der Waals surface area contributed by atoms with E-state index in [0.717, 1.165) is 44.2 Å². The number of hydrogen-bond acceptors (Lipinski definition) is 8. The summed E-state index contributed by atoms with van der Waals surface area (Å²) in [5.74, 6) is 0.383. The molecule has 5 rings (SSSR count). The molecule has 0 spiro atoms. The standard InChI is InChI=1S/C16H19FN2O3S.C16H20FNO2/c1-10-19-15(11-5-3-2-4-6-11)16(20-10)12-7-8-14(13(17)9-12)21-22-23-18;1-11(19)18-15(12-6-3-2-4-7-12)16(20)13-8-5-9-14(17)10-13/h7-9,11H,2-6,18H2,1H3;5,8-10,12,15H,2-4,6-7H2,1H3,(H,18,19). The van der Waals surface area contributed by atoms with Crippen molar-refractivity contribution in [2.45, 2.75) is 90.0 Å². The molecule has 1 aromatic heterocycles. The zero-order valence-electron chi connectivity index (χ0n) is 24.6. The van der Waals surface area contributed by atoms with Gasteiger partial charge in [0.25, 0.3) is 0 Å². The van der Waals surface area contributed by atoms with Crippen LogP contribution >= 0.6 is 12.2 Å². The van der Waals surface area contributed by atoms with E-state index in [2.05, 4.69) is 14.6 Å². The van der Waals surface area contributed by atoms with E-state index >= 15 is 0 Å². The molecule has 0 saturated heterocycles. The van der Waals surface area contributed by atoms with Crippen molar-refractivity contribution in [3.63, 3.8) is 0 Å². The van der Waals surface area contributed by atoms with E-state index in [1.165, 1.54) is 62.9 Å². The summed E-state index contributed by atoms with van der Waals surface area (Å²) in [7, 11) is 0. The second-order valence-corrected chi connectivity index (χ2v) is 11.5. The molecule has 2 aromatic carbocycles. The largest absolute Gasteiger partial charge is 0.441 e. The van der Waals surface area contributed by atoms with Crippen molar-refractivity contribution >= 4 is 23.9 Å². The van der Waals surface area contributed by atoms with Gasteiger partial charge in [-0.05, 0) is 61.9 Å². The average Bonchev–Trinajstić information content (AvgIpc) is 3.41. The number of nitrogens with two attached hydrogens (primary N) is 1. The van der Waals surface area contributed by atoms with E-state index in [4.69, 9.17) is 14.4 Å². The Bertz CT molecular complexity index is 1370. The number of halogens is 2. The van der Waals surface area contributed by atoms with Crippen LogP contribution in [-0.2, 0) is 9.13 Å². The molecule has 2 fully saturated rings. The summed E-state index contributed by atoms with van der Waals surface area (Å²) >= 11 is 0.513. The Kier molecular flexibility index (Phi) is 12.1. The van der Waals surface area contributed by atoms with Crippen LogP contribution in [0.2, 0.25) is 0 Å². The van der Waals surface area contributed by atoms with E-state index in [1.807, 2.05) is 6.92 Å². The molecule has 0 radical (unpaired) electrons. The molecule has 3 N–H and O–H groups in total. The molecule has 2 aliphatic carbocycles. The van der Waals surface area contributed by atoms with Crippen molar-refractivity contribution in [2.75, 3.05) is 0 Å². The molecule has 1 heterocycles. The third-order valence-corrected chi connectivity index (χ3v) is 8.13. The van der Waals surface area contributed by atoms with Gasteiger partial charge in [0, 0.05) is 30.9 Å². The van der Waals surface area contributed by atoms with Crippen molar-refractivity contribution in [3.8, 4) is 17.1 Å². The minimum Gasteiger partial charge on any atom is -0.441 e. The van der Waals surface area contributed by atoms with Gasteiger partial charge in [0.05, 0.1) is 11.7 Å². The molecule has 232 valence electrons. The molecule has 2 aliphatic rings. The van der Waals surface area contributed by atoms with Crippen LogP contribution < -0.4 is 15.3 Å². The lowest BCUT2D eigenvalue weighted by atomic mass is 9.81. The maximum atomic E-state index is 14.1. The molecule has 8 nitrogen and oxygen atoms in total. The summed E-state index contributed by atoms with van der Waals surface area (Å²) in [6.45, 7) is 3.23. The topological polar surface area (TPSA) is 117 Å². The first kappa shape index (κ1) is 32.6. The van der Waals surface area contributed by atoms with Gasteiger partial charge in [0.2, 0.25) is 11.7 Å². The minimum absolute atomic E-state index is 0.0258. The first-order valence-corrected chi connectivity index (χ1v) is 15.6. The van der Waals surface area contributed by atoms with Crippen LogP contribution in [0.5, 0.6) is 5.75 Å². The number of amides is 1. The van der Waals surface area contributed by atoms with Crippen molar-refractivity contribution in [2.24, 2.45) is 11.1 Å². The Hall–Kier alpha value is -3.28. The highest BCUT2D eigenvalue weighted by Crippen LogP contribution is 2.39. The van der Waals surface area contributed by atoms with Crippen molar-refractivity contribution in [1.29, 1.82) is 0 Å². The minimum atomic E-state index is -0.541. The van der Waals surface area contributed by atoms with Crippen molar-refractivity contribution in [1.82, 2.24) is 10.3 Å². The van der Waals surface area contributed by atoms with E-state index < -0.39 is 17.7 Å². The Morgan fingerprint density at radius 3 is 2.35 bits per heavy atom. The number of aromatic nitrogens is 1. The number of rotatable bonds is 9. The third-order valence-electron chi connectivity index (χ3n) is 7.98. The lowest BCUT2D eigenvalue weighted by molar-refractivity contribution is -0.119. The van der Waals surface area contributed by atoms with Gasteiger partial charge in [-0.3, -0.25) is 14.7 Å². The molecule has 3 aromatic rings. The Labute approximate surface area is 255 Å². The smallest absolute Gasteiger partial charge is 0.217 e. The second kappa shape index (κ2) is 16.0. The predicted molar refractivity (Wildman–Crippen MR) is 161 cm³/mol. The fourth-order valence-electron chi connectivity index (χ4n) is 5.97. The molecule has 1 unspecified atom stereocenters. The zero-order valence-corrected chi connectivity index (χ0v) is 25.4. The molecule has 11 heteroatoms. The van der Waals surface area contributed by atoms with Crippen LogP contribution in [0.3, 0.4) is 0 Å². The van der Waals surface area contributed by atoms with Gasteiger partial charge >= 0.3 is 0 Å². The van der Waals surface area contributed by atoms with E-state index in [-0.39, 0.29) is 23.4 Å². The summed E-state index contributed by atoms with van der Waals surface area (Å²) < 4.78 is 37.6. The number of aryl methyl sites for hydroxylation is 1. The van der Waals surface area contributed by atoms with Crippen LogP contribution in [0.25, 0.3) is 11.3 Å². The first-order chi connectivity index (χ1) is 20.8. The number of nitrogens with zero attached hydrogens (tertiary/aromatic N) is 1. The fourth-order valence-corrected chi connectivity index (χ4v) is 6.09. The Morgan fingerprint density at radius 2 is 1.72 bits per heavy atom. The van der Waals surface area contributed by atoms with Crippen molar-refractivity contribution in [3.05, 3.63) is 71.2 Å². The highest BCUT2D eigenvalue weighted by Gasteiger charge is 2.31. The predicted octanol–water partition coefficient (Wildman–Crippen LogP) is 7.76. The molecule has 43 heavy (non-hydrogen) atoms. The summed E-state index contributed by atoms with van der Waals surface area (Å²) in [4.78, 5) is 33.2. The third kappa shape index (κ3) is 9.11. The number of ketones is 1. The second-order valence-electron chi connectivity index (χ2n) is 11.1. The molecule has 2 saturated carbocycles. The van der Waals surface area contributed by atoms with Crippen molar-refractivity contribution < 1.29 is 32.0 Å². The normalized spacial score (nSPS) is 16.6. The summed E-state index contributed by atoms with van der Waals surface area (Å²) in [6.07, 6.45) is 11.1. The molecular weight excluding hydrogens is 576 g/mol. The Morgan fingerprint density at radius 1 is 1.02 bits per heavy atom. The number of hydrogen-bond donors (Lipinski definition) is 2. The summed E-state index contributed by atoms with van der Waals surface area (Å²) in [5.41, 5.74) is 1.91. The molecular formula is C32H39F2N3O5S. The SMILES string of the molecule is CC(=O)NC(C(=O)c1cccc(F)c1)C1CCCCC1.Cc1nc(C2CCCCC2)c(-c2ccc(OOSN)c(F)c2)o1. The van der Waals surface area contributed by atoms with E-state index in [0.29, 0.717) is 40.9 Å². The van der Waals surface area contributed by atoms with E-state index in [9.17, 15) is 18.4 Å². The molecule has 1 amide bonds. The van der Waals surface area contributed by atoms with Gasteiger partial charge in [0.1, 0.15) is 18.0 Å².